The quantitative estimate of drug-likeness (QED) is 0.783. The third kappa shape index (κ3) is 3.61. The van der Waals surface area contributed by atoms with E-state index in [1.165, 1.54) is 6.92 Å². The molecule has 5 heteroatoms. The van der Waals surface area contributed by atoms with Crippen molar-refractivity contribution < 1.29 is 14.3 Å². The second-order valence-corrected chi connectivity index (χ2v) is 4.59. The van der Waals surface area contributed by atoms with Gasteiger partial charge in [0.25, 0.3) is 0 Å². The van der Waals surface area contributed by atoms with Crippen LogP contribution in [0.15, 0.2) is 34.7 Å². The molecule has 20 heavy (non-hydrogen) atoms. The Labute approximate surface area is 117 Å². The highest BCUT2D eigenvalue weighted by Crippen LogP contribution is 2.20. The zero-order chi connectivity index (χ0) is 14.5. The first-order valence-corrected chi connectivity index (χ1v) is 6.39. The normalized spacial score (nSPS) is 10.3. The molecule has 0 radical (unpaired) electrons. The van der Waals surface area contributed by atoms with Crippen LogP contribution in [-0.4, -0.2) is 11.0 Å². The monoisotopic (exact) mass is 274 g/mol. The Hall–Kier alpha value is -2.27. The molecule has 1 aromatic carbocycles. The number of hydrogen-bond donors (Lipinski definition) is 3. The molecule has 0 saturated carbocycles. The van der Waals surface area contributed by atoms with Crippen LogP contribution in [0.4, 0.5) is 11.4 Å². The number of amides is 1. The summed E-state index contributed by atoms with van der Waals surface area (Å²) in [6, 6.07) is 9.30. The predicted molar refractivity (Wildman–Crippen MR) is 77.4 cm³/mol. The number of carbonyl (C=O) groups excluding carboxylic acids is 1. The number of aliphatic hydroxyl groups excluding tert-OH is 1. The summed E-state index contributed by atoms with van der Waals surface area (Å²) >= 11 is 0. The van der Waals surface area contributed by atoms with Gasteiger partial charge in [0, 0.05) is 18.3 Å². The summed E-state index contributed by atoms with van der Waals surface area (Å²) < 4.78 is 5.39. The van der Waals surface area contributed by atoms with E-state index in [-0.39, 0.29) is 12.5 Å². The van der Waals surface area contributed by atoms with E-state index in [0.29, 0.717) is 12.3 Å². The first-order chi connectivity index (χ1) is 9.58. The zero-order valence-corrected chi connectivity index (χ0v) is 11.6. The molecule has 5 nitrogen and oxygen atoms in total. The second kappa shape index (κ2) is 6.25. The molecule has 2 aromatic rings. The Balaban J connectivity index is 1.99. The van der Waals surface area contributed by atoms with E-state index < -0.39 is 0 Å². The van der Waals surface area contributed by atoms with E-state index in [0.717, 1.165) is 22.7 Å². The molecule has 0 bridgehead atoms. The summed E-state index contributed by atoms with van der Waals surface area (Å²) in [6.07, 6.45) is 0. The molecular formula is C15H18N2O3. The van der Waals surface area contributed by atoms with Gasteiger partial charge in [-0.3, -0.25) is 4.79 Å². The molecule has 1 heterocycles. The standard InChI is InChI=1S/C15H18N2O3/c1-10-7-12(3-6-15(10)17-11(2)19)16-8-13-4-5-14(9-18)20-13/h3-7,16,18H,8-9H2,1-2H3,(H,17,19). The highest BCUT2D eigenvalue weighted by atomic mass is 16.4. The lowest BCUT2D eigenvalue weighted by atomic mass is 10.1. The molecule has 0 unspecified atom stereocenters. The summed E-state index contributed by atoms with van der Waals surface area (Å²) in [7, 11) is 0. The third-order valence-corrected chi connectivity index (χ3v) is 2.88. The average Bonchev–Trinajstić information content (AvgIpc) is 2.87. The van der Waals surface area contributed by atoms with Crippen molar-refractivity contribution in [1.29, 1.82) is 0 Å². The lowest BCUT2D eigenvalue weighted by Crippen LogP contribution is -2.07. The summed E-state index contributed by atoms with van der Waals surface area (Å²) in [5.74, 6) is 1.23. The Morgan fingerprint density at radius 1 is 1.25 bits per heavy atom. The van der Waals surface area contributed by atoms with Crippen LogP contribution in [0.25, 0.3) is 0 Å². The van der Waals surface area contributed by atoms with Gasteiger partial charge in [-0.05, 0) is 42.8 Å². The molecule has 0 saturated heterocycles. The first-order valence-electron chi connectivity index (χ1n) is 6.39. The topological polar surface area (TPSA) is 74.5 Å². The van der Waals surface area contributed by atoms with Crippen molar-refractivity contribution in [2.75, 3.05) is 10.6 Å². The summed E-state index contributed by atoms with van der Waals surface area (Å²) in [5.41, 5.74) is 2.74. The lowest BCUT2D eigenvalue weighted by Gasteiger charge is -2.10. The summed E-state index contributed by atoms with van der Waals surface area (Å²) in [6.45, 7) is 3.87. The van der Waals surface area contributed by atoms with E-state index in [2.05, 4.69) is 10.6 Å². The second-order valence-electron chi connectivity index (χ2n) is 4.59. The summed E-state index contributed by atoms with van der Waals surface area (Å²) in [5, 5.41) is 14.9. The van der Waals surface area contributed by atoms with Crippen molar-refractivity contribution in [2.24, 2.45) is 0 Å². The molecule has 1 aromatic heterocycles. The van der Waals surface area contributed by atoms with Gasteiger partial charge in [-0.1, -0.05) is 0 Å². The molecule has 106 valence electrons. The van der Waals surface area contributed by atoms with Crippen LogP contribution >= 0.6 is 0 Å². The number of anilines is 2. The zero-order valence-electron chi connectivity index (χ0n) is 11.6. The van der Waals surface area contributed by atoms with Crippen molar-refractivity contribution in [3.05, 3.63) is 47.4 Å². The third-order valence-electron chi connectivity index (χ3n) is 2.88. The maximum absolute atomic E-state index is 11.0. The molecular weight excluding hydrogens is 256 g/mol. The van der Waals surface area contributed by atoms with Gasteiger partial charge in [0.1, 0.15) is 18.1 Å². The fraction of sp³-hybridized carbons (Fsp3) is 0.267. The van der Waals surface area contributed by atoms with Gasteiger partial charge in [0.2, 0.25) is 5.91 Å². The van der Waals surface area contributed by atoms with Crippen LogP contribution in [0, 0.1) is 6.92 Å². The molecule has 0 atom stereocenters. The first kappa shape index (κ1) is 14.1. The largest absolute Gasteiger partial charge is 0.462 e. The molecule has 0 aliphatic heterocycles. The number of hydrogen-bond acceptors (Lipinski definition) is 4. The SMILES string of the molecule is CC(=O)Nc1ccc(NCc2ccc(CO)o2)cc1C. The Bertz CT molecular complexity index is 605. The van der Waals surface area contributed by atoms with Gasteiger partial charge in [0.05, 0.1) is 6.54 Å². The van der Waals surface area contributed by atoms with E-state index in [1.54, 1.807) is 6.07 Å². The summed E-state index contributed by atoms with van der Waals surface area (Å²) in [4.78, 5) is 11.0. The molecule has 3 N–H and O–H groups in total. The predicted octanol–water partition coefficient (Wildman–Crippen LogP) is 2.65. The van der Waals surface area contributed by atoms with Crippen LogP contribution in [0.2, 0.25) is 0 Å². The Morgan fingerprint density at radius 3 is 2.60 bits per heavy atom. The lowest BCUT2D eigenvalue weighted by molar-refractivity contribution is -0.114. The smallest absolute Gasteiger partial charge is 0.221 e. The van der Waals surface area contributed by atoms with E-state index in [1.807, 2.05) is 31.2 Å². The fourth-order valence-corrected chi connectivity index (χ4v) is 1.90. The van der Waals surface area contributed by atoms with Crippen LogP contribution in [-0.2, 0) is 17.9 Å². The van der Waals surface area contributed by atoms with Crippen LogP contribution < -0.4 is 10.6 Å². The van der Waals surface area contributed by atoms with Gasteiger partial charge in [-0.25, -0.2) is 0 Å². The van der Waals surface area contributed by atoms with Crippen LogP contribution in [0.1, 0.15) is 24.0 Å². The number of furan rings is 1. The fourth-order valence-electron chi connectivity index (χ4n) is 1.90. The van der Waals surface area contributed by atoms with Crippen LogP contribution in [0.5, 0.6) is 0 Å². The highest BCUT2D eigenvalue weighted by molar-refractivity contribution is 5.89. The van der Waals surface area contributed by atoms with Crippen molar-refractivity contribution in [3.63, 3.8) is 0 Å². The number of carbonyl (C=O) groups is 1. The molecule has 0 spiro atoms. The molecule has 1 amide bonds. The number of aryl methyl sites for hydroxylation is 1. The minimum absolute atomic E-state index is 0.0825. The number of rotatable bonds is 5. The minimum atomic E-state index is -0.0927. The van der Waals surface area contributed by atoms with Gasteiger partial charge in [0.15, 0.2) is 0 Å². The van der Waals surface area contributed by atoms with Gasteiger partial charge >= 0.3 is 0 Å². The highest BCUT2D eigenvalue weighted by Gasteiger charge is 2.03. The number of nitrogens with one attached hydrogen (secondary N) is 2. The molecule has 0 fully saturated rings. The van der Waals surface area contributed by atoms with E-state index >= 15 is 0 Å². The number of benzene rings is 1. The van der Waals surface area contributed by atoms with Crippen LogP contribution in [0.3, 0.4) is 0 Å². The van der Waals surface area contributed by atoms with E-state index in [9.17, 15) is 4.79 Å². The van der Waals surface area contributed by atoms with Gasteiger partial charge in [-0.15, -0.1) is 0 Å². The Kier molecular flexibility index (Phi) is 4.42. The maximum Gasteiger partial charge on any atom is 0.221 e. The minimum Gasteiger partial charge on any atom is -0.462 e. The van der Waals surface area contributed by atoms with Gasteiger partial charge in [-0.2, -0.15) is 0 Å². The van der Waals surface area contributed by atoms with E-state index in [4.69, 9.17) is 9.52 Å². The Morgan fingerprint density at radius 2 is 2.00 bits per heavy atom. The van der Waals surface area contributed by atoms with Crippen molar-refractivity contribution in [1.82, 2.24) is 0 Å². The maximum atomic E-state index is 11.0. The van der Waals surface area contributed by atoms with Gasteiger partial charge < -0.3 is 20.2 Å². The van der Waals surface area contributed by atoms with Crippen molar-refractivity contribution in [2.45, 2.75) is 27.0 Å². The number of aliphatic hydroxyl groups is 1. The van der Waals surface area contributed by atoms with Crippen molar-refractivity contribution >= 4 is 17.3 Å². The molecule has 2 rings (SSSR count). The molecule has 0 aliphatic rings. The molecule has 0 aliphatic carbocycles. The average molecular weight is 274 g/mol. The van der Waals surface area contributed by atoms with Crippen molar-refractivity contribution in [3.8, 4) is 0 Å².